The molecule has 16 heteroatoms. The van der Waals surface area contributed by atoms with E-state index in [4.69, 9.17) is 23.3 Å². The van der Waals surface area contributed by atoms with Crippen LogP contribution in [0.25, 0.3) is 11.2 Å². The van der Waals surface area contributed by atoms with Crippen LogP contribution in [0.15, 0.2) is 88.5 Å². The second-order valence-electron chi connectivity index (χ2n) is 15.0. The fourth-order valence-electron chi connectivity index (χ4n) is 7.87. The molecule has 15 nitrogen and oxygen atoms in total. The van der Waals surface area contributed by atoms with Crippen LogP contribution in [-0.2, 0) is 24.2 Å². The van der Waals surface area contributed by atoms with E-state index in [0.717, 1.165) is 16.7 Å². The number of aromatic nitrogens is 4. The molecule has 1 saturated carbocycles. The normalized spacial score (nSPS) is 17.4. The van der Waals surface area contributed by atoms with Crippen LogP contribution in [0.1, 0.15) is 76.6 Å². The zero-order chi connectivity index (χ0) is 42.3. The average Bonchev–Trinajstić information content (AvgIpc) is 3.77. The lowest BCUT2D eigenvalue weighted by molar-refractivity contribution is -0.114. The first kappa shape index (κ1) is 43.2. The number of hydrogen-bond donors (Lipinski definition) is 3. The Hall–Kier alpha value is -5.36. The maximum Gasteiger partial charge on any atom is 0.328 e. The predicted molar refractivity (Wildman–Crippen MR) is 225 cm³/mol. The molecule has 3 N–H and O–H groups in total. The van der Waals surface area contributed by atoms with Gasteiger partial charge < -0.3 is 23.3 Å². The van der Waals surface area contributed by atoms with Crippen molar-refractivity contribution in [1.82, 2.24) is 24.2 Å². The summed E-state index contributed by atoms with van der Waals surface area (Å²) in [5.41, 5.74) is 0.475. The number of nitrogens with zero attached hydrogens (tertiary/aromatic N) is 4. The quantitative estimate of drug-likeness (QED) is 0.0469. The van der Waals surface area contributed by atoms with Gasteiger partial charge in [0.05, 0.1) is 46.0 Å². The molecule has 1 aliphatic carbocycles. The molecule has 0 radical (unpaired) electrons. The van der Waals surface area contributed by atoms with Gasteiger partial charge in [0.15, 0.2) is 11.2 Å². The van der Waals surface area contributed by atoms with Crippen molar-refractivity contribution in [3.8, 4) is 17.6 Å². The number of fused-ring (bicyclic) bond motifs is 1. The monoisotopic (exact) mass is 825 g/mol. The summed E-state index contributed by atoms with van der Waals surface area (Å²) in [6.07, 6.45) is 0.430. The number of carbonyl (C=O) groups is 1. The molecular weight excluding hydrogens is 773 g/mol. The second-order valence-corrected chi connectivity index (χ2v) is 16.4. The molecule has 1 fully saturated rings. The molecule has 1 amide bonds. The van der Waals surface area contributed by atoms with Gasteiger partial charge in [-0.15, -0.1) is 0 Å². The molecule has 3 aromatic carbocycles. The molecule has 0 aliphatic heterocycles. The van der Waals surface area contributed by atoms with E-state index >= 15 is 0 Å². The summed E-state index contributed by atoms with van der Waals surface area (Å²) in [5, 5.41) is 11.9. The maximum atomic E-state index is 13.8. The Morgan fingerprint density at radius 1 is 0.932 bits per heavy atom. The van der Waals surface area contributed by atoms with Gasteiger partial charge in [0.2, 0.25) is 11.9 Å². The van der Waals surface area contributed by atoms with Gasteiger partial charge in [0.1, 0.15) is 17.1 Å². The fourth-order valence-corrected chi connectivity index (χ4v) is 9.66. The van der Waals surface area contributed by atoms with Gasteiger partial charge in [0, 0.05) is 31.0 Å². The number of amides is 1. The number of ether oxygens (including phenoxy) is 3. The molecular formula is C43H52N7O8P. The largest absolute Gasteiger partial charge is 0.497 e. The van der Waals surface area contributed by atoms with E-state index in [1.165, 1.54) is 11.5 Å². The highest BCUT2D eigenvalue weighted by Gasteiger charge is 2.45. The van der Waals surface area contributed by atoms with Crippen molar-refractivity contribution in [1.29, 1.82) is 5.26 Å². The van der Waals surface area contributed by atoms with Crippen LogP contribution < -0.4 is 26.0 Å². The van der Waals surface area contributed by atoms with Gasteiger partial charge in [-0.25, -0.2) is 9.46 Å². The van der Waals surface area contributed by atoms with Crippen LogP contribution in [0.3, 0.4) is 0 Å². The van der Waals surface area contributed by atoms with Crippen LogP contribution in [0.2, 0.25) is 0 Å². The van der Waals surface area contributed by atoms with Crippen molar-refractivity contribution in [3.05, 3.63) is 116 Å². The molecule has 6 rings (SSSR count). The summed E-state index contributed by atoms with van der Waals surface area (Å²) in [5.74, 6) is 0.572. The van der Waals surface area contributed by atoms with Gasteiger partial charge in [-0.3, -0.25) is 29.4 Å². The Morgan fingerprint density at radius 2 is 1.53 bits per heavy atom. The fraction of sp³-hybridized carbons (Fsp3) is 0.419. The molecule has 59 heavy (non-hydrogen) atoms. The Bertz CT molecular complexity index is 2280. The molecule has 312 valence electrons. The number of methoxy groups -OCH3 is 2. The average molecular weight is 826 g/mol. The highest BCUT2D eigenvalue weighted by atomic mass is 31.2. The summed E-state index contributed by atoms with van der Waals surface area (Å²) < 4.78 is 35.5. The predicted octanol–water partition coefficient (Wildman–Crippen LogP) is 7.01. The topological polar surface area (TPSA) is 186 Å². The Labute approximate surface area is 344 Å². The van der Waals surface area contributed by atoms with E-state index < -0.39 is 43.4 Å². The van der Waals surface area contributed by atoms with E-state index in [0.29, 0.717) is 24.3 Å². The molecule has 2 heterocycles. The van der Waals surface area contributed by atoms with Gasteiger partial charge in [-0.2, -0.15) is 10.2 Å². The standard InChI is InChI=1S/C43H52N7O8P/c1-27(2)50(28(3)4)59(57-23-11-22-44)58-37-25-34(49-39-38(46-42(49)53)40(52)48-41(47-39)45-29(5)51)24-30(37)26-56-43(31-12-9-8-10-13-31,32-14-18-35(54-6)19-15-32)33-16-20-36(55-7)21-17-33/h8-10,12-21,27-28,30,34,37H,11,23-26H2,1-7H3,(H,46,53)(H2,45,47,48,51,52)/t30-,34-,37+,59?/m1/s1. The third-order valence-electron chi connectivity index (χ3n) is 10.4. The van der Waals surface area contributed by atoms with E-state index in [-0.39, 0.29) is 54.7 Å². The van der Waals surface area contributed by atoms with E-state index in [2.05, 4.69) is 58.7 Å². The van der Waals surface area contributed by atoms with Crippen molar-refractivity contribution < 1.29 is 28.1 Å². The van der Waals surface area contributed by atoms with Gasteiger partial charge in [0.25, 0.3) is 14.1 Å². The molecule has 0 spiro atoms. The lowest BCUT2D eigenvalue weighted by atomic mass is 9.80. The van der Waals surface area contributed by atoms with Gasteiger partial charge >= 0.3 is 5.69 Å². The molecule has 1 unspecified atom stereocenters. The first-order valence-corrected chi connectivity index (χ1v) is 20.8. The second kappa shape index (κ2) is 19.1. The summed E-state index contributed by atoms with van der Waals surface area (Å²) in [7, 11) is 1.56. The number of rotatable bonds is 18. The summed E-state index contributed by atoms with van der Waals surface area (Å²) in [4.78, 5) is 48.5. The van der Waals surface area contributed by atoms with Crippen molar-refractivity contribution in [2.75, 3.05) is 32.8 Å². The van der Waals surface area contributed by atoms with Gasteiger partial charge in [-0.1, -0.05) is 54.6 Å². The number of nitrogens with one attached hydrogen (secondary N) is 3. The molecule has 0 bridgehead atoms. The minimum absolute atomic E-state index is 0.00347. The highest BCUT2D eigenvalue weighted by molar-refractivity contribution is 7.44. The molecule has 2 aromatic heterocycles. The van der Waals surface area contributed by atoms with Gasteiger partial charge in [-0.05, 0) is 81.5 Å². The smallest absolute Gasteiger partial charge is 0.328 e. The van der Waals surface area contributed by atoms with E-state index in [9.17, 15) is 19.6 Å². The number of benzene rings is 3. The third-order valence-corrected chi connectivity index (χ3v) is 12.6. The van der Waals surface area contributed by atoms with Crippen molar-refractivity contribution in [2.45, 2.75) is 83.7 Å². The van der Waals surface area contributed by atoms with Crippen molar-refractivity contribution in [2.24, 2.45) is 5.92 Å². The van der Waals surface area contributed by atoms with Crippen LogP contribution >= 0.6 is 8.53 Å². The highest BCUT2D eigenvalue weighted by Crippen LogP contribution is 2.52. The third kappa shape index (κ3) is 9.43. The van der Waals surface area contributed by atoms with Crippen molar-refractivity contribution in [3.63, 3.8) is 0 Å². The Kier molecular flexibility index (Phi) is 14.0. The summed E-state index contributed by atoms with van der Waals surface area (Å²) in [6.45, 7) is 9.95. The number of aromatic amines is 2. The number of hydrogen-bond acceptors (Lipinski definition) is 11. The molecule has 1 aliphatic rings. The van der Waals surface area contributed by atoms with Crippen LogP contribution in [-0.4, -0.2) is 75.7 Å². The van der Waals surface area contributed by atoms with Crippen molar-refractivity contribution >= 4 is 31.5 Å². The molecule has 4 atom stereocenters. The summed E-state index contributed by atoms with van der Waals surface area (Å²) in [6, 6.07) is 27.3. The van der Waals surface area contributed by atoms with Crippen LogP contribution in [0.5, 0.6) is 11.5 Å². The summed E-state index contributed by atoms with van der Waals surface area (Å²) >= 11 is 0. The lowest BCUT2D eigenvalue weighted by Crippen LogP contribution is -2.37. The van der Waals surface area contributed by atoms with Crippen LogP contribution in [0, 0.1) is 17.2 Å². The molecule has 5 aromatic rings. The first-order valence-electron chi connectivity index (χ1n) is 19.7. The zero-order valence-electron chi connectivity index (χ0n) is 34.4. The Balaban J connectivity index is 1.47. The molecule has 0 saturated heterocycles. The number of carbonyl (C=O) groups excluding carboxylic acids is 1. The minimum atomic E-state index is -1.69. The van der Waals surface area contributed by atoms with Crippen LogP contribution in [0.4, 0.5) is 5.95 Å². The lowest BCUT2D eigenvalue weighted by Gasteiger charge is -2.39. The first-order chi connectivity index (χ1) is 28.4. The van der Waals surface area contributed by atoms with E-state index in [1.54, 1.807) is 14.2 Å². The number of imidazole rings is 1. The number of nitriles is 1. The Morgan fingerprint density at radius 3 is 2.07 bits per heavy atom. The SMILES string of the molecule is COc1ccc(C(OC[C@H]2C[C@@H](n3c(=O)[nH]c4c(=O)[nH]c(NC(C)=O)nc43)C[C@@H]2OP(OCCC#N)N(C(C)C)C(C)C)(c2ccccc2)c2ccc(OC)cc2)cc1. The van der Waals surface area contributed by atoms with E-state index in [1.807, 2.05) is 78.9 Å². The zero-order valence-corrected chi connectivity index (χ0v) is 35.3. The number of H-pyrrole nitrogens is 2. The maximum absolute atomic E-state index is 13.8. The minimum Gasteiger partial charge on any atom is -0.497 e. The number of anilines is 1.